The maximum Gasteiger partial charge on any atom is 0.247 e. The SMILES string of the molecule is CC(C)CC(N)C(=O)NSc1ccco1. The third-order valence-corrected chi connectivity index (χ3v) is 2.55. The predicted molar refractivity (Wildman–Crippen MR) is 60.1 cm³/mol. The molecule has 1 unspecified atom stereocenters. The van der Waals surface area contributed by atoms with E-state index in [0.29, 0.717) is 17.4 Å². The summed E-state index contributed by atoms with van der Waals surface area (Å²) in [6, 6.07) is 3.09. The first kappa shape index (κ1) is 12.1. The fourth-order valence-corrected chi connectivity index (χ4v) is 1.72. The van der Waals surface area contributed by atoms with Crippen molar-refractivity contribution < 1.29 is 9.21 Å². The van der Waals surface area contributed by atoms with Crippen LogP contribution in [0.2, 0.25) is 0 Å². The Morgan fingerprint density at radius 1 is 1.67 bits per heavy atom. The standard InChI is InChI=1S/C10H16N2O2S/c1-7(2)6-8(11)10(13)12-15-9-4-3-5-14-9/h3-5,7-8H,6,11H2,1-2H3,(H,12,13). The summed E-state index contributed by atoms with van der Waals surface area (Å²) in [6.07, 6.45) is 2.24. The van der Waals surface area contributed by atoms with Gasteiger partial charge in [0.1, 0.15) is 0 Å². The average Bonchev–Trinajstić information content (AvgIpc) is 2.65. The summed E-state index contributed by atoms with van der Waals surface area (Å²) in [7, 11) is 0. The van der Waals surface area contributed by atoms with E-state index in [9.17, 15) is 4.79 Å². The quantitative estimate of drug-likeness (QED) is 0.754. The van der Waals surface area contributed by atoms with Crippen LogP contribution in [-0.2, 0) is 4.79 Å². The van der Waals surface area contributed by atoms with Gasteiger partial charge >= 0.3 is 0 Å². The molecule has 1 heterocycles. The lowest BCUT2D eigenvalue weighted by molar-refractivity contribution is -0.120. The second kappa shape index (κ2) is 5.82. The van der Waals surface area contributed by atoms with Crippen molar-refractivity contribution in [2.75, 3.05) is 0 Å². The van der Waals surface area contributed by atoms with Gasteiger partial charge in [-0.15, -0.1) is 0 Å². The van der Waals surface area contributed by atoms with Crippen LogP contribution in [0.25, 0.3) is 0 Å². The van der Waals surface area contributed by atoms with E-state index in [1.807, 2.05) is 13.8 Å². The summed E-state index contributed by atoms with van der Waals surface area (Å²) in [5.41, 5.74) is 5.70. The third-order valence-electron chi connectivity index (χ3n) is 1.81. The number of nitrogens with one attached hydrogen (secondary N) is 1. The highest BCUT2D eigenvalue weighted by molar-refractivity contribution is 7.97. The highest BCUT2D eigenvalue weighted by Crippen LogP contribution is 2.14. The molecule has 1 amide bonds. The van der Waals surface area contributed by atoms with Gasteiger partial charge in [-0.2, -0.15) is 0 Å². The van der Waals surface area contributed by atoms with E-state index in [2.05, 4.69) is 4.72 Å². The molecule has 4 nitrogen and oxygen atoms in total. The minimum atomic E-state index is -0.451. The Bertz CT molecular complexity index is 298. The molecule has 0 aliphatic carbocycles. The Labute approximate surface area is 93.7 Å². The van der Waals surface area contributed by atoms with Crippen LogP contribution in [-0.4, -0.2) is 11.9 Å². The second-order valence-corrected chi connectivity index (χ2v) is 4.55. The number of amides is 1. The number of hydrogen-bond donors (Lipinski definition) is 2. The zero-order valence-electron chi connectivity index (χ0n) is 8.90. The molecule has 0 spiro atoms. The molecular formula is C10H16N2O2S. The van der Waals surface area contributed by atoms with Gasteiger partial charge < -0.3 is 10.2 Å². The number of furan rings is 1. The van der Waals surface area contributed by atoms with Crippen LogP contribution in [0.5, 0.6) is 0 Å². The molecule has 0 bridgehead atoms. The highest BCUT2D eigenvalue weighted by atomic mass is 32.2. The molecule has 84 valence electrons. The largest absolute Gasteiger partial charge is 0.456 e. The first-order valence-electron chi connectivity index (χ1n) is 4.85. The second-order valence-electron chi connectivity index (χ2n) is 3.74. The molecular weight excluding hydrogens is 212 g/mol. The number of hydrogen-bond acceptors (Lipinski definition) is 4. The van der Waals surface area contributed by atoms with Crippen LogP contribution in [0.4, 0.5) is 0 Å². The Morgan fingerprint density at radius 2 is 2.40 bits per heavy atom. The molecule has 1 aromatic heterocycles. The van der Waals surface area contributed by atoms with Crippen molar-refractivity contribution in [1.29, 1.82) is 0 Å². The van der Waals surface area contributed by atoms with E-state index in [-0.39, 0.29) is 5.91 Å². The van der Waals surface area contributed by atoms with Gasteiger partial charge in [-0.05, 0) is 24.5 Å². The zero-order chi connectivity index (χ0) is 11.3. The van der Waals surface area contributed by atoms with Gasteiger partial charge in [0, 0.05) is 11.9 Å². The molecule has 0 aliphatic heterocycles. The number of nitrogens with two attached hydrogens (primary N) is 1. The number of carbonyl (C=O) groups is 1. The molecule has 0 saturated heterocycles. The van der Waals surface area contributed by atoms with E-state index in [1.54, 1.807) is 18.4 Å². The lowest BCUT2D eigenvalue weighted by Gasteiger charge is -2.12. The number of carbonyl (C=O) groups excluding carboxylic acids is 1. The van der Waals surface area contributed by atoms with E-state index in [0.717, 1.165) is 11.9 Å². The molecule has 1 aromatic rings. The predicted octanol–water partition coefficient (Wildman–Crippen LogP) is 1.78. The van der Waals surface area contributed by atoms with Crippen LogP contribution < -0.4 is 10.5 Å². The maximum absolute atomic E-state index is 11.5. The summed E-state index contributed by atoms with van der Waals surface area (Å²) in [5.74, 6) is 0.254. The molecule has 3 N–H and O–H groups in total. The van der Waals surface area contributed by atoms with Crippen molar-refractivity contribution in [3.63, 3.8) is 0 Å². The van der Waals surface area contributed by atoms with Crippen LogP contribution in [0.1, 0.15) is 20.3 Å². The van der Waals surface area contributed by atoms with Gasteiger partial charge in [0.05, 0.1) is 12.3 Å². The molecule has 1 atom stereocenters. The van der Waals surface area contributed by atoms with E-state index in [4.69, 9.17) is 10.2 Å². The summed E-state index contributed by atoms with van der Waals surface area (Å²) in [5, 5.41) is 0.653. The van der Waals surface area contributed by atoms with Crippen molar-refractivity contribution in [2.24, 2.45) is 11.7 Å². The van der Waals surface area contributed by atoms with Crippen molar-refractivity contribution in [3.8, 4) is 0 Å². The fourth-order valence-electron chi connectivity index (χ4n) is 1.11. The Balaban J connectivity index is 2.29. The van der Waals surface area contributed by atoms with Crippen LogP contribution in [0, 0.1) is 5.92 Å². The number of rotatable bonds is 5. The molecule has 0 aliphatic rings. The fraction of sp³-hybridized carbons (Fsp3) is 0.500. The van der Waals surface area contributed by atoms with Crippen molar-refractivity contribution in [1.82, 2.24) is 4.72 Å². The first-order valence-corrected chi connectivity index (χ1v) is 5.67. The molecule has 1 rings (SSSR count). The summed E-state index contributed by atoms with van der Waals surface area (Å²) in [6.45, 7) is 4.07. The van der Waals surface area contributed by atoms with Gasteiger partial charge in [-0.1, -0.05) is 13.8 Å². The lowest BCUT2D eigenvalue weighted by atomic mass is 10.0. The summed E-state index contributed by atoms with van der Waals surface area (Å²) < 4.78 is 7.70. The Hall–Kier alpha value is -0.940. The monoisotopic (exact) mass is 228 g/mol. The van der Waals surface area contributed by atoms with Gasteiger partial charge in [0.2, 0.25) is 5.91 Å². The molecule has 0 aromatic carbocycles. The third kappa shape index (κ3) is 4.40. The van der Waals surface area contributed by atoms with E-state index < -0.39 is 6.04 Å². The van der Waals surface area contributed by atoms with Gasteiger partial charge in [-0.25, -0.2) is 0 Å². The molecule has 5 heteroatoms. The minimum absolute atomic E-state index is 0.162. The molecule has 0 radical (unpaired) electrons. The van der Waals surface area contributed by atoms with E-state index >= 15 is 0 Å². The molecule has 0 saturated carbocycles. The van der Waals surface area contributed by atoms with Gasteiger partial charge in [0.25, 0.3) is 0 Å². The van der Waals surface area contributed by atoms with Crippen molar-refractivity contribution in [3.05, 3.63) is 18.4 Å². The van der Waals surface area contributed by atoms with Crippen LogP contribution >= 0.6 is 11.9 Å². The Morgan fingerprint density at radius 3 is 2.93 bits per heavy atom. The van der Waals surface area contributed by atoms with Gasteiger partial charge in [-0.3, -0.25) is 9.52 Å². The topological polar surface area (TPSA) is 68.3 Å². The normalized spacial score (nSPS) is 12.8. The average molecular weight is 228 g/mol. The van der Waals surface area contributed by atoms with Crippen LogP contribution in [0.15, 0.2) is 27.9 Å². The molecule has 0 fully saturated rings. The molecule has 15 heavy (non-hydrogen) atoms. The summed E-state index contributed by atoms with van der Waals surface area (Å²) >= 11 is 1.14. The van der Waals surface area contributed by atoms with E-state index in [1.165, 1.54) is 0 Å². The lowest BCUT2D eigenvalue weighted by Crippen LogP contribution is -2.38. The van der Waals surface area contributed by atoms with Gasteiger partial charge in [0.15, 0.2) is 5.09 Å². The van der Waals surface area contributed by atoms with Crippen molar-refractivity contribution >= 4 is 17.9 Å². The zero-order valence-corrected chi connectivity index (χ0v) is 9.71. The van der Waals surface area contributed by atoms with Crippen molar-refractivity contribution in [2.45, 2.75) is 31.4 Å². The van der Waals surface area contributed by atoms with Crippen LogP contribution in [0.3, 0.4) is 0 Å². The highest BCUT2D eigenvalue weighted by Gasteiger charge is 2.15. The maximum atomic E-state index is 11.5. The minimum Gasteiger partial charge on any atom is -0.456 e. The summed E-state index contributed by atoms with van der Waals surface area (Å²) in [4.78, 5) is 11.5. The Kier molecular flexibility index (Phi) is 4.71. The smallest absolute Gasteiger partial charge is 0.247 e. The first-order chi connectivity index (χ1) is 7.09.